The fourth-order valence-corrected chi connectivity index (χ4v) is 4.06. The summed E-state index contributed by atoms with van der Waals surface area (Å²) in [5, 5.41) is 8.71. The van der Waals surface area contributed by atoms with Crippen LogP contribution in [-0.4, -0.2) is 46.4 Å². The van der Waals surface area contributed by atoms with E-state index in [4.69, 9.17) is 9.47 Å². The number of halogens is 1. The van der Waals surface area contributed by atoms with Gasteiger partial charge in [-0.2, -0.15) is 5.10 Å². The quantitative estimate of drug-likeness (QED) is 0.472. The summed E-state index contributed by atoms with van der Waals surface area (Å²) in [6, 6.07) is 18.8. The van der Waals surface area contributed by atoms with Crippen molar-refractivity contribution in [2.24, 2.45) is 0 Å². The van der Waals surface area contributed by atoms with E-state index in [1.54, 1.807) is 18.2 Å². The minimum absolute atomic E-state index is 0.0886. The molecule has 0 amide bonds. The van der Waals surface area contributed by atoms with Crippen LogP contribution in [0.5, 0.6) is 5.75 Å². The second kappa shape index (κ2) is 9.46. The Balaban J connectivity index is 1.19. The first kappa shape index (κ1) is 20.6. The third kappa shape index (κ3) is 4.64. The third-order valence-corrected chi connectivity index (χ3v) is 5.73. The number of aromatic nitrogens is 3. The molecule has 3 heterocycles. The number of H-pyrrole nitrogens is 1. The van der Waals surface area contributed by atoms with Gasteiger partial charge in [-0.15, -0.1) is 0 Å². The normalized spacial score (nSPS) is 17.0. The Morgan fingerprint density at radius 3 is 2.94 bits per heavy atom. The molecule has 2 aromatic heterocycles. The number of para-hydroxylation sites is 2. The second-order valence-electron chi connectivity index (χ2n) is 7.93. The summed E-state index contributed by atoms with van der Waals surface area (Å²) >= 11 is 0. The minimum Gasteiger partial charge on any atom is -0.490 e. The molecule has 32 heavy (non-hydrogen) atoms. The Bertz CT molecular complexity index is 1190. The van der Waals surface area contributed by atoms with Crippen molar-refractivity contribution >= 4 is 10.9 Å². The number of aromatic amines is 1. The Morgan fingerprint density at radius 1 is 1.12 bits per heavy atom. The maximum atomic E-state index is 13.7. The molecule has 0 saturated carbocycles. The van der Waals surface area contributed by atoms with Gasteiger partial charge in [0, 0.05) is 43.3 Å². The lowest BCUT2D eigenvalue weighted by atomic mass is 10.1. The molecule has 2 aromatic carbocycles. The van der Waals surface area contributed by atoms with E-state index >= 15 is 0 Å². The molecule has 1 aliphatic heterocycles. The SMILES string of the molecule is Fc1ccccc1OCCc1cc(C2CN(Cc3ccnc4ccccc34)CCO2)n[nH]1. The Morgan fingerprint density at radius 2 is 2.00 bits per heavy atom. The molecule has 1 unspecified atom stereocenters. The maximum Gasteiger partial charge on any atom is 0.165 e. The van der Waals surface area contributed by atoms with Crippen molar-refractivity contribution in [1.82, 2.24) is 20.1 Å². The number of nitrogens with one attached hydrogen (secondary N) is 1. The fraction of sp³-hybridized carbons (Fsp3) is 0.280. The molecule has 1 atom stereocenters. The van der Waals surface area contributed by atoms with Crippen LogP contribution >= 0.6 is 0 Å². The van der Waals surface area contributed by atoms with Crippen LogP contribution in [-0.2, 0) is 17.7 Å². The standard InChI is InChI=1S/C25H25FN4O2/c26-21-6-2-4-8-24(21)31-13-10-19-15-23(29-28-19)25-17-30(12-14-32-25)16-18-9-11-27-22-7-3-1-5-20(18)22/h1-9,11,15,25H,10,12-14,16-17H2,(H,28,29). The van der Waals surface area contributed by atoms with Gasteiger partial charge in [-0.3, -0.25) is 15.0 Å². The first-order valence-electron chi connectivity index (χ1n) is 10.8. The van der Waals surface area contributed by atoms with Crippen molar-refractivity contribution in [3.05, 3.63) is 89.6 Å². The molecule has 1 fully saturated rings. The van der Waals surface area contributed by atoms with Gasteiger partial charge < -0.3 is 9.47 Å². The van der Waals surface area contributed by atoms with Crippen LogP contribution in [0.4, 0.5) is 4.39 Å². The smallest absolute Gasteiger partial charge is 0.165 e. The lowest BCUT2D eigenvalue weighted by Crippen LogP contribution is -2.38. The summed E-state index contributed by atoms with van der Waals surface area (Å²) in [7, 11) is 0. The summed E-state index contributed by atoms with van der Waals surface area (Å²) in [4.78, 5) is 6.85. The molecule has 4 aromatic rings. The predicted molar refractivity (Wildman–Crippen MR) is 120 cm³/mol. The molecule has 7 heteroatoms. The lowest BCUT2D eigenvalue weighted by Gasteiger charge is -2.32. The Labute approximate surface area is 186 Å². The highest BCUT2D eigenvalue weighted by molar-refractivity contribution is 5.81. The maximum absolute atomic E-state index is 13.7. The monoisotopic (exact) mass is 432 g/mol. The molecule has 1 saturated heterocycles. The van der Waals surface area contributed by atoms with Crippen LogP contribution < -0.4 is 4.74 Å². The second-order valence-corrected chi connectivity index (χ2v) is 7.93. The first-order valence-corrected chi connectivity index (χ1v) is 10.8. The van der Waals surface area contributed by atoms with Crippen molar-refractivity contribution in [2.45, 2.75) is 19.1 Å². The average Bonchev–Trinajstić information content (AvgIpc) is 3.30. The number of nitrogens with zero attached hydrogens (tertiary/aromatic N) is 3. The molecule has 164 valence electrons. The van der Waals surface area contributed by atoms with Gasteiger partial charge in [-0.25, -0.2) is 4.39 Å². The van der Waals surface area contributed by atoms with Crippen molar-refractivity contribution in [2.75, 3.05) is 26.3 Å². The van der Waals surface area contributed by atoms with Crippen LogP contribution in [0.2, 0.25) is 0 Å². The van der Waals surface area contributed by atoms with Gasteiger partial charge >= 0.3 is 0 Å². The number of fused-ring (bicyclic) bond motifs is 1. The lowest BCUT2D eigenvalue weighted by molar-refractivity contribution is -0.0348. The topological polar surface area (TPSA) is 63.3 Å². The largest absolute Gasteiger partial charge is 0.490 e. The van der Waals surface area contributed by atoms with Crippen LogP contribution in [0, 0.1) is 5.82 Å². The molecule has 6 nitrogen and oxygen atoms in total. The van der Waals surface area contributed by atoms with Crippen LogP contribution in [0.1, 0.15) is 23.1 Å². The molecule has 0 radical (unpaired) electrons. The number of benzene rings is 2. The third-order valence-electron chi connectivity index (χ3n) is 5.73. The zero-order valence-corrected chi connectivity index (χ0v) is 17.7. The summed E-state index contributed by atoms with van der Waals surface area (Å²) in [5.41, 5.74) is 4.11. The van der Waals surface area contributed by atoms with E-state index in [0.29, 0.717) is 19.6 Å². The molecule has 1 aliphatic rings. The summed E-state index contributed by atoms with van der Waals surface area (Å²) < 4.78 is 25.2. The van der Waals surface area contributed by atoms with Crippen LogP contribution in [0.3, 0.4) is 0 Å². The van der Waals surface area contributed by atoms with Crippen LogP contribution in [0.15, 0.2) is 66.9 Å². The van der Waals surface area contributed by atoms with E-state index in [9.17, 15) is 4.39 Å². The Kier molecular flexibility index (Phi) is 6.09. The van der Waals surface area contributed by atoms with Gasteiger partial charge in [0.05, 0.1) is 24.4 Å². The predicted octanol–water partition coefficient (Wildman–Crippen LogP) is 4.29. The molecule has 0 aliphatic carbocycles. The molecule has 1 N–H and O–H groups in total. The van der Waals surface area contributed by atoms with Gasteiger partial charge in [0.15, 0.2) is 11.6 Å². The zero-order valence-electron chi connectivity index (χ0n) is 17.7. The number of pyridine rings is 1. The van der Waals surface area contributed by atoms with Crippen LogP contribution in [0.25, 0.3) is 10.9 Å². The van der Waals surface area contributed by atoms with Crippen molar-refractivity contribution in [3.8, 4) is 5.75 Å². The molecular weight excluding hydrogens is 407 g/mol. The highest BCUT2D eigenvalue weighted by Gasteiger charge is 2.24. The van der Waals surface area contributed by atoms with Gasteiger partial charge in [0.1, 0.15) is 6.10 Å². The van der Waals surface area contributed by atoms with E-state index in [1.807, 2.05) is 24.4 Å². The number of ether oxygens (including phenoxy) is 2. The summed E-state index contributed by atoms with van der Waals surface area (Å²) in [6.07, 6.45) is 2.40. The molecular formula is C25H25FN4O2. The number of morpholine rings is 1. The van der Waals surface area contributed by atoms with Gasteiger partial charge in [0.25, 0.3) is 0 Å². The summed E-state index contributed by atoms with van der Waals surface area (Å²) in [6.45, 7) is 3.52. The average molecular weight is 432 g/mol. The Hall–Kier alpha value is -3.29. The van der Waals surface area contributed by atoms with Crippen molar-refractivity contribution in [3.63, 3.8) is 0 Å². The fourth-order valence-electron chi connectivity index (χ4n) is 4.06. The van der Waals surface area contributed by atoms with Crippen molar-refractivity contribution < 1.29 is 13.9 Å². The highest BCUT2D eigenvalue weighted by atomic mass is 19.1. The van der Waals surface area contributed by atoms with Crippen molar-refractivity contribution in [1.29, 1.82) is 0 Å². The van der Waals surface area contributed by atoms with E-state index in [-0.39, 0.29) is 17.7 Å². The molecule has 0 spiro atoms. The minimum atomic E-state index is -0.351. The van der Waals surface area contributed by atoms with E-state index in [2.05, 4.69) is 38.3 Å². The zero-order chi connectivity index (χ0) is 21.8. The van der Waals surface area contributed by atoms with Gasteiger partial charge in [-0.1, -0.05) is 30.3 Å². The van der Waals surface area contributed by atoms with E-state index in [0.717, 1.165) is 36.5 Å². The van der Waals surface area contributed by atoms with Gasteiger partial charge in [-0.05, 0) is 35.9 Å². The highest BCUT2D eigenvalue weighted by Crippen LogP contribution is 2.25. The van der Waals surface area contributed by atoms with E-state index < -0.39 is 0 Å². The van der Waals surface area contributed by atoms with E-state index in [1.165, 1.54) is 17.0 Å². The molecule has 5 rings (SSSR count). The number of hydrogen-bond acceptors (Lipinski definition) is 5. The number of rotatable bonds is 7. The summed E-state index contributed by atoms with van der Waals surface area (Å²) in [5.74, 6) is -0.0856. The van der Waals surface area contributed by atoms with Gasteiger partial charge in [0.2, 0.25) is 0 Å². The first-order chi connectivity index (χ1) is 15.8. The number of hydrogen-bond donors (Lipinski definition) is 1. The molecule has 0 bridgehead atoms.